The minimum Gasteiger partial charge on any atom is -0.470 e. The summed E-state index contributed by atoms with van der Waals surface area (Å²) in [5, 5.41) is 0. The molecule has 0 heterocycles. The summed E-state index contributed by atoms with van der Waals surface area (Å²) in [6.45, 7) is 3.26. The van der Waals surface area contributed by atoms with Gasteiger partial charge in [0.15, 0.2) is 12.6 Å². The topological polar surface area (TPSA) is 54.0 Å². The Bertz CT molecular complexity index is 126. The molecule has 72 valence electrons. The molecule has 0 radical (unpaired) electrons. The molecule has 0 aliphatic carbocycles. The van der Waals surface area contributed by atoms with E-state index in [-0.39, 0.29) is 0 Å². The van der Waals surface area contributed by atoms with Crippen LogP contribution in [-0.2, 0) is 22.8 Å². The molecule has 2 unspecified atom stereocenters. The van der Waals surface area contributed by atoms with Crippen LogP contribution in [-0.4, -0.2) is 36.0 Å². The Morgan fingerprint density at radius 3 is 1.58 bits per heavy atom. The molecule has 0 aliphatic heterocycles. The van der Waals surface area contributed by atoms with E-state index < -0.39 is 21.8 Å². The molecule has 2 atom stereocenters. The van der Waals surface area contributed by atoms with Crippen LogP contribution >= 0.6 is 0 Å². The molecule has 0 aromatic heterocycles. The molecular formula is C6H14O5Si. The molecule has 0 rings (SSSR count). The van der Waals surface area contributed by atoms with Crippen molar-refractivity contribution in [1.29, 1.82) is 0 Å². The van der Waals surface area contributed by atoms with E-state index >= 15 is 0 Å². The molecule has 0 aromatic rings. The molecule has 0 aromatic carbocycles. The van der Waals surface area contributed by atoms with Crippen molar-refractivity contribution in [2.75, 3.05) is 14.2 Å². The molecule has 0 saturated heterocycles. The van der Waals surface area contributed by atoms with E-state index in [1.54, 1.807) is 13.8 Å². The van der Waals surface area contributed by atoms with Crippen LogP contribution in [0.3, 0.4) is 0 Å². The minimum atomic E-state index is -2.51. The second-order valence-corrected chi connectivity index (χ2v) is 3.06. The number of hydrogen-bond donors (Lipinski definition) is 0. The van der Waals surface area contributed by atoms with Gasteiger partial charge in [0, 0.05) is 14.2 Å². The molecule has 0 saturated carbocycles. The zero-order valence-corrected chi connectivity index (χ0v) is 8.70. The summed E-state index contributed by atoms with van der Waals surface area (Å²) in [5.41, 5.74) is 0. The minimum absolute atomic E-state index is 0.527. The van der Waals surface area contributed by atoms with Crippen LogP contribution in [0, 0.1) is 0 Å². The monoisotopic (exact) mass is 194 g/mol. The van der Waals surface area contributed by atoms with E-state index in [9.17, 15) is 4.46 Å². The van der Waals surface area contributed by atoms with Crippen molar-refractivity contribution in [2.24, 2.45) is 0 Å². The lowest BCUT2D eigenvalue weighted by atomic mass is 10.8. The Labute approximate surface area is 73.5 Å². The summed E-state index contributed by atoms with van der Waals surface area (Å²) in [6.07, 6.45) is -1.05. The predicted octanol–water partition coefficient (Wildman–Crippen LogP) is 0.420. The number of rotatable bonds is 6. The van der Waals surface area contributed by atoms with Crippen LogP contribution in [0.1, 0.15) is 13.8 Å². The van der Waals surface area contributed by atoms with Crippen molar-refractivity contribution in [3.63, 3.8) is 0 Å². The second-order valence-electron chi connectivity index (χ2n) is 2.09. The van der Waals surface area contributed by atoms with Crippen molar-refractivity contribution in [2.45, 2.75) is 26.4 Å². The summed E-state index contributed by atoms with van der Waals surface area (Å²) in [6, 6.07) is 0. The van der Waals surface area contributed by atoms with E-state index in [0.29, 0.717) is 0 Å². The smallest absolute Gasteiger partial charge is 0.470 e. The molecule has 0 amide bonds. The molecule has 0 aliphatic rings. The third kappa shape index (κ3) is 5.22. The van der Waals surface area contributed by atoms with Crippen molar-refractivity contribution in [3.8, 4) is 0 Å². The van der Waals surface area contributed by atoms with E-state index in [1.165, 1.54) is 14.2 Å². The maximum absolute atomic E-state index is 11.0. The molecule has 6 heteroatoms. The average Bonchev–Trinajstić information content (AvgIpc) is 2.03. The van der Waals surface area contributed by atoms with Gasteiger partial charge in [0.1, 0.15) is 0 Å². The summed E-state index contributed by atoms with van der Waals surface area (Å²) in [4.78, 5) is 0. The molecule has 0 N–H and O–H groups in total. The van der Waals surface area contributed by atoms with Crippen molar-refractivity contribution in [3.05, 3.63) is 0 Å². The molecule has 0 spiro atoms. The standard InChI is InChI=1S/C6H14O5Si/c1-5(8-3)10-12(7)11-6(2)9-4/h5-6H,1-4H3. The molecule has 0 fully saturated rings. The van der Waals surface area contributed by atoms with Crippen LogP contribution in [0.4, 0.5) is 0 Å². The first-order chi connectivity index (χ1) is 5.60. The Kier molecular flexibility index (Phi) is 5.86. The largest absolute Gasteiger partial charge is 0.771 e. The third-order valence-electron chi connectivity index (χ3n) is 1.19. The highest BCUT2D eigenvalue weighted by atomic mass is 28.3. The van der Waals surface area contributed by atoms with Crippen LogP contribution in [0.25, 0.3) is 0 Å². The quantitative estimate of drug-likeness (QED) is 0.453. The maximum Gasteiger partial charge on any atom is 0.771 e. The van der Waals surface area contributed by atoms with Gasteiger partial charge in [-0.2, -0.15) is 0 Å². The van der Waals surface area contributed by atoms with Gasteiger partial charge in [-0.3, -0.25) is 4.46 Å². The SMILES string of the molecule is COC(C)O[Si](=O)OC(C)OC. The van der Waals surface area contributed by atoms with Crippen molar-refractivity contribution >= 4 is 9.17 Å². The number of ether oxygens (including phenoxy) is 2. The van der Waals surface area contributed by atoms with Crippen molar-refractivity contribution in [1.82, 2.24) is 0 Å². The first-order valence-corrected chi connectivity index (χ1v) is 4.75. The van der Waals surface area contributed by atoms with E-state index in [0.717, 1.165) is 0 Å². The predicted molar refractivity (Wildman–Crippen MR) is 41.6 cm³/mol. The fraction of sp³-hybridized carbons (Fsp3) is 1.00. The Balaban J connectivity index is 3.59. The lowest BCUT2D eigenvalue weighted by Gasteiger charge is -2.14. The zero-order valence-electron chi connectivity index (χ0n) is 7.70. The maximum atomic E-state index is 11.0. The highest BCUT2D eigenvalue weighted by molar-refractivity contribution is 6.26. The molecule has 5 nitrogen and oxygen atoms in total. The number of methoxy groups -OCH3 is 2. The lowest BCUT2D eigenvalue weighted by Crippen LogP contribution is -2.25. The van der Waals surface area contributed by atoms with E-state index in [1.807, 2.05) is 0 Å². The van der Waals surface area contributed by atoms with Gasteiger partial charge in [-0.15, -0.1) is 0 Å². The first-order valence-electron chi connectivity index (χ1n) is 3.53. The van der Waals surface area contributed by atoms with Crippen LogP contribution < -0.4 is 0 Å². The Hall–Kier alpha value is -0.463. The van der Waals surface area contributed by atoms with Gasteiger partial charge < -0.3 is 18.3 Å². The van der Waals surface area contributed by atoms with Gasteiger partial charge in [0.05, 0.1) is 0 Å². The van der Waals surface area contributed by atoms with Gasteiger partial charge in [0.25, 0.3) is 0 Å². The second kappa shape index (κ2) is 6.10. The highest BCUT2D eigenvalue weighted by Gasteiger charge is 2.18. The van der Waals surface area contributed by atoms with Crippen LogP contribution in [0.2, 0.25) is 0 Å². The summed E-state index contributed by atoms with van der Waals surface area (Å²) < 4.78 is 30.0. The third-order valence-corrected chi connectivity index (χ3v) is 2.24. The zero-order chi connectivity index (χ0) is 9.56. The summed E-state index contributed by atoms with van der Waals surface area (Å²) >= 11 is 0. The van der Waals surface area contributed by atoms with Gasteiger partial charge in [-0.05, 0) is 13.8 Å². The summed E-state index contributed by atoms with van der Waals surface area (Å²) in [5.74, 6) is 0. The first kappa shape index (κ1) is 11.5. The Morgan fingerprint density at radius 2 is 1.33 bits per heavy atom. The lowest BCUT2D eigenvalue weighted by molar-refractivity contribution is -0.0981. The highest BCUT2D eigenvalue weighted by Crippen LogP contribution is 1.95. The van der Waals surface area contributed by atoms with Gasteiger partial charge >= 0.3 is 9.17 Å². The van der Waals surface area contributed by atoms with Crippen LogP contribution in [0.5, 0.6) is 0 Å². The van der Waals surface area contributed by atoms with Crippen LogP contribution in [0.15, 0.2) is 0 Å². The van der Waals surface area contributed by atoms with E-state index in [2.05, 4.69) is 0 Å². The average molecular weight is 194 g/mol. The number of hydrogen-bond acceptors (Lipinski definition) is 5. The fourth-order valence-corrected chi connectivity index (χ4v) is 1.19. The van der Waals surface area contributed by atoms with Gasteiger partial charge in [-0.25, -0.2) is 0 Å². The summed E-state index contributed by atoms with van der Waals surface area (Å²) in [7, 11) is 0.404. The Morgan fingerprint density at radius 1 is 1.00 bits per heavy atom. The van der Waals surface area contributed by atoms with Gasteiger partial charge in [0.2, 0.25) is 0 Å². The molecule has 12 heavy (non-hydrogen) atoms. The van der Waals surface area contributed by atoms with Gasteiger partial charge in [-0.1, -0.05) is 0 Å². The molecular weight excluding hydrogens is 180 g/mol. The fourth-order valence-electron chi connectivity index (χ4n) is 0.395. The van der Waals surface area contributed by atoms with Crippen molar-refractivity contribution < 1.29 is 22.8 Å². The molecule has 0 bridgehead atoms. The normalized spacial score (nSPS) is 15.0. The van der Waals surface area contributed by atoms with E-state index in [4.69, 9.17) is 18.3 Å².